The van der Waals surface area contributed by atoms with Crippen LogP contribution in [0.25, 0.3) is 0 Å². The maximum Gasteiger partial charge on any atom is 0.334 e. The van der Waals surface area contributed by atoms with E-state index in [1.807, 2.05) is 4.90 Å². The Kier molecular flexibility index (Phi) is 5.83. The van der Waals surface area contributed by atoms with Gasteiger partial charge in [0, 0.05) is 31.3 Å². The Balaban J connectivity index is 1.84. The van der Waals surface area contributed by atoms with Gasteiger partial charge in [0.2, 0.25) is 0 Å². The van der Waals surface area contributed by atoms with Crippen LogP contribution in [0.2, 0.25) is 0 Å². The maximum atomic E-state index is 12.9. The van der Waals surface area contributed by atoms with Crippen molar-refractivity contribution in [3.63, 3.8) is 0 Å². The Hall–Kier alpha value is -2.68. The molecule has 9 nitrogen and oxygen atoms in total. The van der Waals surface area contributed by atoms with Crippen molar-refractivity contribution in [2.24, 2.45) is 5.92 Å². The molecule has 1 unspecified atom stereocenters. The van der Waals surface area contributed by atoms with Crippen LogP contribution in [-0.2, 0) is 9.53 Å². The molecule has 0 bridgehead atoms. The number of carbonyl (C=O) groups is 2. The third kappa shape index (κ3) is 4.24. The van der Waals surface area contributed by atoms with Crippen LogP contribution < -0.4 is 4.90 Å². The lowest BCUT2D eigenvalue weighted by atomic mass is 9.98. The number of piperidine rings is 1. The Morgan fingerprint density at radius 3 is 2.50 bits per heavy atom. The monoisotopic (exact) mass is 391 g/mol. The molecular formula is C19H25N3O6. The predicted octanol–water partition coefficient (Wildman–Crippen LogP) is 2.15. The minimum Gasteiger partial charge on any atom is -0.479 e. The molecule has 0 radical (unpaired) electrons. The zero-order valence-electron chi connectivity index (χ0n) is 16.0. The fourth-order valence-corrected chi connectivity index (χ4v) is 3.76. The van der Waals surface area contributed by atoms with Gasteiger partial charge in [0.25, 0.3) is 11.6 Å². The van der Waals surface area contributed by atoms with Gasteiger partial charge in [0.1, 0.15) is 5.69 Å². The van der Waals surface area contributed by atoms with Gasteiger partial charge < -0.3 is 19.6 Å². The number of amides is 1. The van der Waals surface area contributed by atoms with Crippen LogP contribution >= 0.6 is 0 Å². The van der Waals surface area contributed by atoms with Crippen LogP contribution in [0, 0.1) is 16.0 Å². The fourth-order valence-electron chi connectivity index (χ4n) is 3.76. The summed E-state index contributed by atoms with van der Waals surface area (Å²) in [5.41, 5.74) is 0.600. The topological polar surface area (TPSA) is 113 Å². The number of aliphatic carboxylic acids is 1. The molecule has 2 heterocycles. The summed E-state index contributed by atoms with van der Waals surface area (Å²) >= 11 is 0. The van der Waals surface area contributed by atoms with Crippen LogP contribution in [0.1, 0.15) is 37.0 Å². The summed E-state index contributed by atoms with van der Waals surface area (Å²) in [4.78, 5) is 38.6. The molecule has 0 spiro atoms. The Labute approximate surface area is 163 Å². The lowest BCUT2D eigenvalue weighted by molar-refractivity contribution is -0.384. The smallest absolute Gasteiger partial charge is 0.334 e. The average Bonchev–Trinajstić information content (AvgIpc) is 2.67. The number of carboxylic acids is 1. The van der Waals surface area contributed by atoms with Gasteiger partial charge in [0.15, 0.2) is 6.10 Å². The molecular weight excluding hydrogens is 366 g/mol. The quantitative estimate of drug-likeness (QED) is 0.618. The summed E-state index contributed by atoms with van der Waals surface area (Å²) in [5, 5.41) is 20.8. The first kappa shape index (κ1) is 20.1. The van der Waals surface area contributed by atoms with Gasteiger partial charge >= 0.3 is 5.97 Å². The number of nitro groups is 1. The van der Waals surface area contributed by atoms with Crippen LogP contribution in [0.4, 0.5) is 11.4 Å². The highest BCUT2D eigenvalue weighted by molar-refractivity contribution is 5.96. The highest BCUT2D eigenvalue weighted by Crippen LogP contribution is 2.32. The largest absolute Gasteiger partial charge is 0.479 e. The highest BCUT2D eigenvalue weighted by Gasteiger charge is 2.34. The first-order valence-corrected chi connectivity index (χ1v) is 9.47. The molecule has 3 rings (SSSR count). The molecule has 28 heavy (non-hydrogen) atoms. The molecule has 2 aliphatic rings. The number of hydrogen-bond donors (Lipinski definition) is 1. The van der Waals surface area contributed by atoms with Gasteiger partial charge in [-0.2, -0.15) is 0 Å². The van der Waals surface area contributed by atoms with E-state index in [1.54, 1.807) is 19.1 Å². The van der Waals surface area contributed by atoms with E-state index >= 15 is 0 Å². The van der Waals surface area contributed by atoms with Gasteiger partial charge in [-0.1, -0.05) is 6.92 Å². The van der Waals surface area contributed by atoms with Crippen molar-refractivity contribution >= 4 is 23.3 Å². The fraction of sp³-hybridized carbons (Fsp3) is 0.579. The van der Waals surface area contributed by atoms with Gasteiger partial charge in [-0.05, 0) is 37.8 Å². The number of anilines is 1. The summed E-state index contributed by atoms with van der Waals surface area (Å²) in [5.74, 6) is -0.963. The molecule has 9 heteroatoms. The molecule has 1 amide bonds. The first-order valence-electron chi connectivity index (χ1n) is 9.47. The summed E-state index contributed by atoms with van der Waals surface area (Å²) < 4.78 is 5.32. The zero-order valence-corrected chi connectivity index (χ0v) is 16.0. The van der Waals surface area contributed by atoms with Crippen LogP contribution in [0.15, 0.2) is 18.2 Å². The maximum absolute atomic E-state index is 12.9. The van der Waals surface area contributed by atoms with E-state index < -0.39 is 29.0 Å². The van der Waals surface area contributed by atoms with Gasteiger partial charge in [-0.3, -0.25) is 14.9 Å². The van der Waals surface area contributed by atoms with E-state index in [2.05, 4.69) is 6.92 Å². The SMILES string of the molecule is CC1CCN(c2ccc(C(=O)N3CC(C(=O)O)O[C@H](C)C3)cc2[N+](=O)[O-])CC1. The van der Waals surface area contributed by atoms with Gasteiger partial charge in [0.05, 0.1) is 17.6 Å². The molecule has 2 atom stereocenters. The zero-order chi connectivity index (χ0) is 20.4. The molecule has 2 saturated heterocycles. The Bertz CT molecular complexity index is 775. The molecule has 0 aromatic heterocycles. The number of carboxylic acid groups (broad SMARTS) is 1. The number of hydrogen-bond acceptors (Lipinski definition) is 6. The Morgan fingerprint density at radius 1 is 1.21 bits per heavy atom. The second-order valence-corrected chi connectivity index (χ2v) is 7.61. The van der Waals surface area contributed by atoms with Crippen molar-refractivity contribution in [1.29, 1.82) is 0 Å². The number of ether oxygens (including phenoxy) is 1. The minimum absolute atomic E-state index is 0.0852. The van der Waals surface area contributed by atoms with Crippen molar-refractivity contribution in [1.82, 2.24) is 4.90 Å². The van der Waals surface area contributed by atoms with E-state index in [0.717, 1.165) is 25.9 Å². The molecule has 0 aliphatic carbocycles. The molecule has 2 fully saturated rings. The number of nitro benzene ring substituents is 1. The summed E-state index contributed by atoms with van der Waals surface area (Å²) in [6.45, 7) is 5.51. The number of benzene rings is 1. The van der Waals surface area contributed by atoms with E-state index in [0.29, 0.717) is 11.6 Å². The highest BCUT2D eigenvalue weighted by atomic mass is 16.6. The second kappa shape index (κ2) is 8.14. The van der Waals surface area contributed by atoms with Gasteiger partial charge in [-0.25, -0.2) is 4.79 Å². The summed E-state index contributed by atoms with van der Waals surface area (Å²) in [6.07, 6.45) is 0.417. The molecule has 0 saturated carbocycles. The van der Waals surface area contributed by atoms with Crippen molar-refractivity contribution < 1.29 is 24.4 Å². The number of morpholine rings is 1. The van der Waals surface area contributed by atoms with Crippen molar-refractivity contribution in [3.8, 4) is 0 Å². The first-order chi connectivity index (χ1) is 13.3. The minimum atomic E-state index is -1.13. The number of rotatable bonds is 4. The molecule has 152 valence electrons. The van der Waals surface area contributed by atoms with E-state index in [1.165, 1.54) is 11.0 Å². The van der Waals surface area contributed by atoms with Crippen molar-refractivity contribution in [2.45, 2.75) is 38.9 Å². The lowest BCUT2D eigenvalue weighted by Gasteiger charge is -2.35. The summed E-state index contributed by atoms with van der Waals surface area (Å²) in [6, 6.07) is 4.50. The molecule has 2 aliphatic heterocycles. The van der Waals surface area contributed by atoms with Crippen LogP contribution in [-0.4, -0.2) is 65.2 Å². The van der Waals surface area contributed by atoms with E-state index in [-0.39, 0.29) is 24.3 Å². The van der Waals surface area contributed by atoms with E-state index in [4.69, 9.17) is 4.74 Å². The number of nitrogens with zero attached hydrogens (tertiary/aromatic N) is 3. The van der Waals surface area contributed by atoms with Crippen LogP contribution in [0.5, 0.6) is 0 Å². The Morgan fingerprint density at radius 2 is 1.89 bits per heavy atom. The molecule has 1 N–H and O–H groups in total. The van der Waals surface area contributed by atoms with Gasteiger partial charge in [-0.15, -0.1) is 0 Å². The second-order valence-electron chi connectivity index (χ2n) is 7.61. The lowest BCUT2D eigenvalue weighted by Crippen LogP contribution is -2.51. The normalized spacial score (nSPS) is 23.5. The third-order valence-electron chi connectivity index (χ3n) is 5.37. The molecule has 1 aromatic carbocycles. The molecule has 1 aromatic rings. The number of carbonyl (C=O) groups excluding carboxylic acids is 1. The third-order valence-corrected chi connectivity index (χ3v) is 5.37. The predicted molar refractivity (Wildman–Crippen MR) is 102 cm³/mol. The average molecular weight is 391 g/mol. The van der Waals surface area contributed by atoms with Crippen molar-refractivity contribution in [3.05, 3.63) is 33.9 Å². The van der Waals surface area contributed by atoms with E-state index in [9.17, 15) is 24.8 Å². The van der Waals surface area contributed by atoms with Crippen molar-refractivity contribution in [2.75, 3.05) is 31.1 Å². The standard InChI is InChI=1S/C19H25N3O6/c1-12-5-7-20(8-6-12)15-4-3-14(9-16(15)22(26)27)18(23)21-10-13(2)28-17(11-21)19(24)25/h3-4,9,12-13,17H,5-8,10-11H2,1-2H3,(H,24,25)/t13-,17?/m1/s1. The summed E-state index contributed by atoms with van der Waals surface area (Å²) in [7, 11) is 0. The van der Waals surface area contributed by atoms with Crippen LogP contribution in [0.3, 0.4) is 0 Å².